The summed E-state index contributed by atoms with van der Waals surface area (Å²) in [4.78, 5) is 32.0. The average molecular weight is 441 g/mol. The second kappa shape index (κ2) is 8.32. The molecule has 1 saturated heterocycles. The van der Waals surface area contributed by atoms with Gasteiger partial charge in [0.15, 0.2) is 0 Å². The van der Waals surface area contributed by atoms with Crippen molar-refractivity contribution in [3.05, 3.63) is 100 Å². The Bertz CT molecular complexity index is 1250. The summed E-state index contributed by atoms with van der Waals surface area (Å²) in [6.45, 7) is 10.3. The SMILES string of the molecule is Cc1ccc(/C(O)=C2/C(=O)C(=O)N(c3ccc(C(C)(C)C)cc3)C2c2ccncc2)cc1C. The Hall–Kier alpha value is -3.73. The summed E-state index contributed by atoms with van der Waals surface area (Å²) in [6.07, 6.45) is 3.24. The van der Waals surface area contributed by atoms with Crippen molar-refractivity contribution in [2.24, 2.45) is 0 Å². The molecule has 0 saturated carbocycles. The number of carbonyl (C=O) groups excluding carboxylic acids is 2. The Balaban J connectivity index is 1.90. The van der Waals surface area contributed by atoms with Crippen molar-refractivity contribution in [3.8, 4) is 0 Å². The van der Waals surface area contributed by atoms with Gasteiger partial charge in [-0.1, -0.05) is 45.0 Å². The van der Waals surface area contributed by atoms with Gasteiger partial charge in [0.05, 0.1) is 11.6 Å². The third-order valence-corrected chi connectivity index (χ3v) is 6.26. The Labute approximate surface area is 194 Å². The number of Topliss-reactive ketones (excluding diaryl/α,β-unsaturated/α-hetero) is 1. The highest BCUT2D eigenvalue weighted by molar-refractivity contribution is 6.51. The number of aromatic nitrogens is 1. The van der Waals surface area contributed by atoms with Gasteiger partial charge < -0.3 is 5.11 Å². The van der Waals surface area contributed by atoms with Crippen molar-refractivity contribution in [2.45, 2.75) is 46.1 Å². The number of carbonyl (C=O) groups is 2. The number of amides is 1. The van der Waals surface area contributed by atoms with Gasteiger partial charge in [-0.15, -0.1) is 0 Å². The monoisotopic (exact) mass is 440 g/mol. The molecule has 5 heteroatoms. The lowest BCUT2D eigenvalue weighted by atomic mass is 9.87. The standard InChI is InChI=1S/C28H28N2O3/c1-17-6-7-20(16-18(17)2)25(31)23-24(19-12-14-29-15-13-19)30(27(33)26(23)32)22-10-8-21(9-11-22)28(3,4)5/h6-16,24,31H,1-5H3/b25-23-. The summed E-state index contributed by atoms with van der Waals surface area (Å²) in [5.74, 6) is -1.54. The van der Waals surface area contributed by atoms with Crippen molar-refractivity contribution >= 4 is 23.1 Å². The molecule has 2 aromatic carbocycles. The first-order chi connectivity index (χ1) is 15.6. The summed E-state index contributed by atoms with van der Waals surface area (Å²) < 4.78 is 0. The van der Waals surface area contributed by atoms with Gasteiger partial charge in [0, 0.05) is 23.6 Å². The van der Waals surface area contributed by atoms with E-state index < -0.39 is 17.7 Å². The van der Waals surface area contributed by atoms with E-state index in [0.29, 0.717) is 16.8 Å². The van der Waals surface area contributed by atoms with Crippen molar-refractivity contribution in [1.82, 2.24) is 4.98 Å². The van der Waals surface area contributed by atoms with Crippen molar-refractivity contribution in [1.29, 1.82) is 0 Å². The summed E-state index contributed by atoms with van der Waals surface area (Å²) in [5, 5.41) is 11.2. The fourth-order valence-electron chi connectivity index (χ4n) is 4.13. The number of hydrogen-bond acceptors (Lipinski definition) is 4. The topological polar surface area (TPSA) is 70.5 Å². The second-order valence-electron chi connectivity index (χ2n) is 9.55. The molecule has 0 spiro atoms. The lowest BCUT2D eigenvalue weighted by Crippen LogP contribution is -2.29. The number of ketones is 1. The van der Waals surface area contributed by atoms with E-state index in [1.807, 2.05) is 50.2 Å². The van der Waals surface area contributed by atoms with Crippen LogP contribution in [0, 0.1) is 13.8 Å². The molecule has 1 atom stereocenters. The molecule has 2 heterocycles. The average Bonchev–Trinajstić information content (AvgIpc) is 3.06. The molecule has 33 heavy (non-hydrogen) atoms. The molecule has 4 rings (SSSR count). The number of hydrogen-bond donors (Lipinski definition) is 1. The molecule has 3 aromatic rings. The highest BCUT2D eigenvalue weighted by atomic mass is 16.3. The van der Waals surface area contributed by atoms with Crippen LogP contribution < -0.4 is 4.90 Å². The van der Waals surface area contributed by atoms with Crippen LogP contribution in [0.1, 0.15) is 54.6 Å². The minimum absolute atomic E-state index is 0.0412. The Morgan fingerprint density at radius 1 is 0.909 bits per heavy atom. The first kappa shape index (κ1) is 22.5. The van der Waals surface area contributed by atoms with Gasteiger partial charge in [0.25, 0.3) is 11.7 Å². The molecule has 1 N–H and O–H groups in total. The van der Waals surface area contributed by atoms with Crippen LogP contribution in [0.15, 0.2) is 72.6 Å². The van der Waals surface area contributed by atoms with E-state index in [1.54, 1.807) is 30.6 Å². The molecular formula is C28H28N2O3. The first-order valence-corrected chi connectivity index (χ1v) is 11.0. The molecule has 168 valence electrons. The van der Waals surface area contributed by atoms with E-state index in [1.165, 1.54) is 4.90 Å². The number of benzene rings is 2. The number of nitrogens with zero attached hydrogens (tertiary/aromatic N) is 2. The smallest absolute Gasteiger partial charge is 0.300 e. The Kier molecular flexibility index (Phi) is 5.66. The highest BCUT2D eigenvalue weighted by Crippen LogP contribution is 2.42. The van der Waals surface area contributed by atoms with Gasteiger partial charge in [0.1, 0.15) is 5.76 Å². The predicted molar refractivity (Wildman–Crippen MR) is 130 cm³/mol. The van der Waals surface area contributed by atoms with Crippen LogP contribution in [-0.4, -0.2) is 21.8 Å². The number of anilines is 1. The van der Waals surface area contributed by atoms with Crippen LogP contribution in [0.25, 0.3) is 5.76 Å². The molecule has 0 aliphatic carbocycles. The van der Waals surface area contributed by atoms with Gasteiger partial charge >= 0.3 is 0 Å². The minimum atomic E-state index is -0.755. The van der Waals surface area contributed by atoms with Gasteiger partial charge in [-0.3, -0.25) is 19.5 Å². The van der Waals surface area contributed by atoms with Gasteiger partial charge in [0.2, 0.25) is 0 Å². The molecule has 0 radical (unpaired) electrons. The Morgan fingerprint density at radius 3 is 2.12 bits per heavy atom. The number of pyridine rings is 1. The normalized spacial score (nSPS) is 18.1. The fourth-order valence-corrected chi connectivity index (χ4v) is 4.13. The molecule has 1 unspecified atom stereocenters. The zero-order chi connectivity index (χ0) is 23.9. The second-order valence-corrected chi connectivity index (χ2v) is 9.55. The first-order valence-electron chi connectivity index (χ1n) is 11.0. The van der Waals surface area contributed by atoms with E-state index in [0.717, 1.165) is 16.7 Å². The summed E-state index contributed by atoms with van der Waals surface area (Å²) in [6, 6.07) is 15.9. The van der Waals surface area contributed by atoms with E-state index in [-0.39, 0.29) is 16.7 Å². The summed E-state index contributed by atoms with van der Waals surface area (Å²) >= 11 is 0. The molecule has 5 nitrogen and oxygen atoms in total. The van der Waals surface area contributed by atoms with Gasteiger partial charge in [-0.05, 0) is 71.8 Å². The number of aliphatic hydroxyl groups is 1. The molecule has 1 aromatic heterocycles. The van der Waals surface area contributed by atoms with Gasteiger partial charge in [-0.2, -0.15) is 0 Å². The molecule has 1 aliphatic heterocycles. The van der Waals surface area contributed by atoms with Crippen LogP contribution in [0.5, 0.6) is 0 Å². The maximum atomic E-state index is 13.3. The highest BCUT2D eigenvalue weighted by Gasteiger charge is 2.47. The molecular weight excluding hydrogens is 412 g/mol. The Morgan fingerprint density at radius 2 is 1.55 bits per heavy atom. The maximum absolute atomic E-state index is 13.3. The number of rotatable bonds is 3. The summed E-state index contributed by atoms with van der Waals surface area (Å²) in [5.41, 5.74) is 5.05. The van der Waals surface area contributed by atoms with E-state index in [9.17, 15) is 14.7 Å². The minimum Gasteiger partial charge on any atom is -0.507 e. The van der Waals surface area contributed by atoms with Crippen LogP contribution in [0.2, 0.25) is 0 Å². The molecule has 1 fully saturated rings. The predicted octanol–water partition coefficient (Wildman–Crippen LogP) is 5.62. The van der Waals surface area contributed by atoms with E-state index >= 15 is 0 Å². The van der Waals surface area contributed by atoms with Crippen LogP contribution >= 0.6 is 0 Å². The van der Waals surface area contributed by atoms with E-state index in [2.05, 4.69) is 25.8 Å². The third-order valence-electron chi connectivity index (χ3n) is 6.26. The molecule has 0 bridgehead atoms. The fraction of sp³-hybridized carbons (Fsp3) is 0.250. The third kappa shape index (κ3) is 4.07. The van der Waals surface area contributed by atoms with E-state index in [4.69, 9.17) is 0 Å². The van der Waals surface area contributed by atoms with Gasteiger partial charge in [-0.25, -0.2) is 0 Å². The lowest BCUT2D eigenvalue weighted by molar-refractivity contribution is -0.132. The quantitative estimate of drug-likeness (QED) is 0.326. The molecule has 1 aliphatic rings. The lowest BCUT2D eigenvalue weighted by Gasteiger charge is -2.26. The largest absolute Gasteiger partial charge is 0.507 e. The summed E-state index contributed by atoms with van der Waals surface area (Å²) in [7, 11) is 0. The van der Waals surface area contributed by atoms with Crippen LogP contribution in [0.4, 0.5) is 5.69 Å². The number of aliphatic hydroxyl groups excluding tert-OH is 1. The zero-order valence-electron chi connectivity index (χ0n) is 19.6. The van der Waals surface area contributed by atoms with Crippen LogP contribution in [0.3, 0.4) is 0 Å². The maximum Gasteiger partial charge on any atom is 0.300 e. The number of aryl methyl sites for hydroxylation is 2. The van der Waals surface area contributed by atoms with Crippen molar-refractivity contribution in [2.75, 3.05) is 4.90 Å². The zero-order valence-corrected chi connectivity index (χ0v) is 19.6. The van der Waals surface area contributed by atoms with Crippen molar-refractivity contribution in [3.63, 3.8) is 0 Å². The van der Waals surface area contributed by atoms with Crippen molar-refractivity contribution < 1.29 is 14.7 Å². The van der Waals surface area contributed by atoms with Crippen LogP contribution in [-0.2, 0) is 15.0 Å². The molecule has 1 amide bonds.